The number of nitro benzene ring substituents is 1. The first kappa shape index (κ1) is 13.1. The molecule has 0 saturated heterocycles. The zero-order valence-electron chi connectivity index (χ0n) is 9.77. The topological polar surface area (TPSA) is 98.3 Å². The van der Waals surface area contributed by atoms with Crippen molar-refractivity contribution < 1.29 is 9.72 Å². The van der Waals surface area contributed by atoms with Crippen molar-refractivity contribution in [3.05, 3.63) is 33.9 Å². The van der Waals surface area contributed by atoms with Gasteiger partial charge in [0.25, 0.3) is 5.69 Å². The second-order valence-corrected chi connectivity index (χ2v) is 3.76. The first-order valence-electron chi connectivity index (χ1n) is 5.27. The van der Waals surface area contributed by atoms with Crippen molar-refractivity contribution in [3.63, 3.8) is 0 Å². The number of aryl methyl sites for hydroxylation is 1. The Morgan fingerprint density at radius 1 is 1.59 bits per heavy atom. The lowest BCUT2D eigenvalue weighted by molar-refractivity contribution is -0.384. The summed E-state index contributed by atoms with van der Waals surface area (Å²) >= 11 is 0. The van der Waals surface area contributed by atoms with Gasteiger partial charge in [-0.2, -0.15) is 0 Å². The highest BCUT2D eigenvalue weighted by Gasteiger charge is 2.14. The number of nitrogens with one attached hydrogen (secondary N) is 1. The molecule has 1 atom stereocenters. The van der Waals surface area contributed by atoms with Crippen molar-refractivity contribution >= 4 is 17.3 Å². The van der Waals surface area contributed by atoms with Crippen LogP contribution in [0.3, 0.4) is 0 Å². The van der Waals surface area contributed by atoms with Gasteiger partial charge >= 0.3 is 0 Å². The molecule has 1 rings (SSSR count). The van der Waals surface area contributed by atoms with Crippen LogP contribution in [-0.2, 0) is 4.79 Å². The van der Waals surface area contributed by atoms with Crippen LogP contribution < -0.4 is 11.1 Å². The molecule has 1 aromatic carbocycles. The molecule has 0 radical (unpaired) electrons. The van der Waals surface area contributed by atoms with Crippen LogP contribution in [0.5, 0.6) is 0 Å². The van der Waals surface area contributed by atoms with Gasteiger partial charge in [-0.05, 0) is 18.9 Å². The van der Waals surface area contributed by atoms with E-state index in [1.54, 1.807) is 19.9 Å². The minimum atomic E-state index is -0.603. The van der Waals surface area contributed by atoms with Gasteiger partial charge in [-0.25, -0.2) is 0 Å². The lowest BCUT2D eigenvalue weighted by Crippen LogP contribution is -2.35. The fourth-order valence-electron chi connectivity index (χ4n) is 1.27. The summed E-state index contributed by atoms with van der Waals surface area (Å²) < 4.78 is 0. The van der Waals surface area contributed by atoms with Gasteiger partial charge in [0.1, 0.15) is 0 Å². The summed E-state index contributed by atoms with van der Waals surface area (Å²) in [5, 5.41) is 13.2. The van der Waals surface area contributed by atoms with Crippen LogP contribution in [0.1, 0.15) is 18.9 Å². The van der Waals surface area contributed by atoms with Crippen LogP contribution in [0.25, 0.3) is 0 Å². The molecule has 0 bridgehead atoms. The van der Waals surface area contributed by atoms with E-state index in [0.717, 1.165) is 5.56 Å². The van der Waals surface area contributed by atoms with Crippen LogP contribution in [0.15, 0.2) is 18.2 Å². The van der Waals surface area contributed by atoms with E-state index in [9.17, 15) is 14.9 Å². The van der Waals surface area contributed by atoms with Crippen LogP contribution in [0, 0.1) is 17.0 Å². The number of hydrogen-bond acceptors (Lipinski definition) is 4. The lowest BCUT2D eigenvalue weighted by atomic mass is 10.1. The first-order chi connectivity index (χ1) is 7.95. The number of nitrogens with zero attached hydrogens (tertiary/aromatic N) is 1. The summed E-state index contributed by atoms with van der Waals surface area (Å²) in [6, 6.07) is 3.71. The van der Waals surface area contributed by atoms with Gasteiger partial charge in [-0.1, -0.05) is 13.0 Å². The van der Waals surface area contributed by atoms with Gasteiger partial charge in [0, 0.05) is 12.1 Å². The van der Waals surface area contributed by atoms with Crippen molar-refractivity contribution in [1.82, 2.24) is 0 Å². The minimum absolute atomic E-state index is 0.0593. The molecule has 1 aromatic rings. The summed E-state index contributed by atoms with van der Waals surface area (Å²) in [5.74, 6) is -0.337. The van der Waals surface area contributed by atoms with Crippen LogP contribution >= 0.6 is 0 Å². The molecule has 0 aliphatic heterocycles. The maximum atomic E-state index is 11.6. The smallest absolute Gasteiger partial charge is 0.271 e. The molecule has 1 amide bonds. The molecule has 6 heteroatoms. The Balaban J connectivity index is 2.94. The molecule has 0 saturated carbocycles. The van der Waals surface area contributed by atoms with Crippen molar-refractivity contribution in [2.24, 2.45) is 5.73 Å². The SMILES string of the molecule is CC[C@H](N)C(=O)Nc1cc([N+](=O)[O-])ccc1C. The second kappa shape index (κ2) is 5.40. The molecule has 0 heterocycles. The van der Waals surface area contributed by atoms with Crippen molar-refractivity contribution in [2.45, 2.75) is 26.3 Å². The van der Waals surface area contributed by atoms with E-state index in [1.165, 1.54) is 12.1 Å². The molecular formula is C11H15N3O3. The Morgan fingerprint density at radius 2 is 2.24 bits per heavy atom. The Morgan fingerprint density at radius 3 is 2.76 bits per heavy atom. The standard InChI is InChI=1S/C11H15N3O3/c1-3-9(12)11(15)13-10-6-8(14(16)17)5-4-7(10)2/h4-6,9H,3,12H2,1-2H3,(H,13,15)/t9-/m0/s1. The number of carbonyl (C=O) groups is 1. The highest BCUT2D eigenvalue weighted by atomic mass is 16.6. The molecule has 92 valence electrons. The Bertz CT molecular complexity index is 446. The largest absolute Gasteiger partial charge is 0.324 e. The minimum Gasteiger partial charge on any atom is -0.324 e. The molecule has 3 N–H and O–H groups in total. The number of nitrogens with two attached hydrogens (primary N) is 1. The monoisotopic (exact) mass is 237 g/mol. The Labute approximate surface area is 99.0 Å². The number of nitro groups is 1. The summed E-state index contributed by atoms with van der Waals surface area (Å²) in [6.07, 6.45) is 0.514. The van der Waals surface area contributed by atoms with Crippen molar-refractivity contribution in [1.29, 1.82) is 0 Å². The van der Waals surface area contributed by atoms with E-state index in [0.29, 0.717) is 12.1 Å². The molecule has 0 fully saturated rings. The van der Waals surface area contributed by atoms with Crippen LogP contribution in [0.4, 0.5) is 11.4 Å². The molecule has 0 unspecified atom stereocenters. The number of rotatable bonds is 4. The molecule has 0 aromatic heterocycles. The fourth-order valence-corrected chi connectivity index (χ4v) is 1.27. The number of anilines is 1. The van der Waals surface area contributed by atoms with E-state index in [-0.39, 0.29) is 11.6 Å². The third-order valence-corrected chi connectivity index (χ3v) is 2.47. The van der Waals surface area contributed by atoms with E-state index in [1.807, 2.05) is 0 Å². The Hall–Kier alpha value is -1.95. The first-order valence-corrected chi connectivity index (χ1v) is 5.27. The van der Waals surface area contributed by atoms with E-state index < -0.39 is 11.0 Å². The third kappa shape index (κ3) is 3.25. The van der Waals surface area contributed by atoms with E-state index in [2.05, 4.69) is 5.32 Å². The normalized spacial score (nSPS) is 11.9. The molecule has 0 aliphatic carbocycles. The third-order valence-electron chi connectivity index (χ3n) is 2.47. The highest BCUT2D eigenvalue weighted by molar-refractivity contribution is 5.95. The summed E-state index contributed by atoms with van der Waals surface area (Å²) in [4.78, 5) is 21.7. The second-order valence-electron chi connectivity index (χ2n) is 3.76. The number of amides is 1. The van der Waals surface area contributed by atoms with Gasteiger partial charge in [0.2, 0.25) is 5.91 Å². The number of benzene rings is 1. The molecule has 0 spiro atoms. The predicted octanol–water partition coefficient (Wildman–Crippen LogP) is 1.58. The average molecular weight is 237 g/mol. The zero-order chi connectivity index (χ0) is 13.0. The van der Waals surface area contributed by atoms with Crippen LogP contribution in [-0.4, -0.2) is 16.9 Å². The number of carbonyl (C=O) groups excluding carboxylic acids is 1. The maximum absolute atomic E-state index is 11.6. The quantitative estimate of drug-likeness (QED) is 0.613. The predicted molar refractivity (Wildman–Crippen MR) is 64.7 cm³/mol. The summed E-state index contributed by atoms with van der Waals surface area (Å²) in [6.45, 7) is 3.56. The molecule has 17 heavy (non-hydrogen) atoms. The highest BCUT2D eigenvalue weighted by Crippen LogP contribution is 2.21. The zero-order valence-corrected chi connectivity index (χ0v) is 9.77. The summed E-state index contributed by atoms with van der Waals surface area (Å²) in [5.41, 5.74) is 6.69. The maximum Gasteiger partial charge on any atom is 0.271 e. The molecule has 6 nitrogen and oxygen atoms in total. The van der Waals surface area contributed by atoms with Crippen LogP contribution in [0.2, 0.25) is 0 Å². The number of hydrogen-bond donors (Lipinski definition) is 2. The van der Waals surface area contributed by atoms with Gasteiger partial charge in [0.15, 0.2) is 0 Å². The molecule has 0 aliphatic rings. The van der Waals surface area contributed by atoms with Gasteiger partial charge in [-0.15, -0.1) is 0 Å². The van der Waals surface area contributed by atoms with Gasteiger partial charge < -0.3 is 11.1 Å². The van der Waals surface area contributed by atoms with Gasteiger partial charge in [0.05, 0.1) is 16.7 Å². The van der Waals surface area contributed by atoms with Crippen molar-refractivity contribution in [3.8, 4) is 0 Å². The Kier molecular flexibility index (Phi) is 4.17. The molecular weight excluding hydrogens is 222 g/mol. The van der Waals surface area contributed by atoms with Gasteiger partial charge in [-0.3, -0.25) is 14.9 Å². The number of non-ortho nitro benzene ring substituents is 1. The van der Waals surface area contributed by atoms with E-state index in [4.69, 9.17) is 5.73 Å². The fraction of sp³-hybridized carbons (Fsp3) is 0.364. The van der Waals surface area contributed by atoms with E-state index >= 15 is 0 Å². The average Bonchev–Trinajstić information content (AvgIpc) is 2.30. The summed E-state index contributed by atoms with van der Waals surface area (Å²) in [7, 11) is 0. The lowest BCUT2D eigenvalue weighted by Gasteiger charge is -2.11. The van der Waals surface area contributed by atoms with Crippen molar-refractivity contribution in [2.75, 3.05) is 5.32 Å².